The summed E-state index contributed by atoms with van der Waals surface area (Å²) in [7, 11) is 3.42. The molecule has 1 aromatic rings. The van der Waals surface area contributed by atoms with Crippen molar-refractivity contribution >= 4 is 17.5 Å². The fourth-order valence-corrected chi connectivity index (χ4v) is 3.42. The largest absolute Gasteiger partial charge is 0.496 e. The quantitative estimate of drug-likeness (QED) is 0.837. The van der Waals surface area contributed by atoms with E-state index in [9.17, 15) is 9.59 Å². The summed E-state index contributed by atoms with van der Waals surface area (Å²) in [5.41, 5.74) is 2.05. The van der Waals surface area contributed by atoms with Crippen LogP contribution in [0.15, 0.2) is 18.2 Å². The molecule has 1 atom stereocenters. The Balaban J connectivity index is 1.92. The maximum Gasteiger partial charge on any atom is 0.232 e. The number of likely N-dealkylation sites (tertiary alicyclic amines) is 1. The number of nitrogens with zero attached hydrogens (tertiary/aromatic N) is 2. The molecule has 1 saturated heterocycles. The summed E-state index contributed by atoms with van der Waals surface area (Å²) >= 11 is 0. The predicted molar refractivity (Wildman–Crippen MR) is 84.0 cm³/mol. The highest BCUT2D eigenvalue weighted by Crippen LogP contribution is 2.35. The number of methoxy groups -OCH3 is 1. The van der Waals surface area contributed by atoms with Crippen molar-refractivity contribution in [2.45, 2.75) is 25.7 Å². The Bertz CT molecular complexity index is 600. The van der Waals surface area contributed by atoms with E-state index < -0.39 is 0 Å². The lowest BCUT2D eigenvalue weighted by Crippen LogP contribution is -2.38. The zero-order valence-corrected chi connectivity index (χ0v) is 13.2. The fraction of sp³-hybridized carbons (Fsp3) is 0.529. The minimum absolute atomic E-state index is 0.0547. The summed E-state index contributed by atoms with van der Waals surface area (Å²) in [5.74, 6) is 0.736. The molecule has 2 aliphatic rings. The van der Waals surface area contributed by atoms with E-state index in [-0.39, 0.29) is 17.7 Å². The van der Waals surface area contributed by atoms with Gasteiger partial charge in [-0.25, -0.2) is 0 Å². The molecule has 1 aromatic carbocycles. The highest BCUT2D eigenvalue weighted by atomic mass is 16.5. The average molecular weight is 302 g/mol. The second-order valence-electron chi connectivity index (χ2n) is 6.08. The van der Waals surface area contributed by atoms with E-state index in [1.54, 1.807) is 19.1 Å². The third-order valence-electron chi connectivity index (χ3n) is 4.63. The van der Waals surface area contributed by atoms with E-state index in [2.05, 4.69) is 0 Å². The zero-order chi connectivity index (χ0) is 15.7. The normalized spacial score (nSPS) is 21.5. The molecular weight excluding hydrogens is 280 g/mol. The summed E-state index contributed by atoms with van der Waals surface area (Å²) in [6, 6.07) is 5.86. The maximum absolute atomic E-state index is 12.9. The van der Waals surface area contributed by atoms with Crippen LogP contribution in [-0.4, -0.2) is 44.0 Å². The fourth-order valence-electron chi connectivity index (χ4n) is 3.42. The van der Waals surface area contributed by atoms with Crippen molar-refractivity contribution in [1.29, 1.82) is 0 Å². The Labute approximate surface area is 130 Å². The third kappa shape index (κ3) is 2.56. The lowest BCUT2D eigenvalue weighted by atomic mass is 10.0. The number of ether oxygens (including phenoxy) is 1. The molecule has 0 N–H and O–H groups in total. The van der Waals surface area contributed by atoms with Crippen molar-refractivity contribution in [3.8, 4) is 5.75 Å². The number of hydrogen-bond acceptors (Lipinski definition) is 3. The van der Waals surface area contributed by atoms with E-state index in [1.807, 2.05) is 23.1 Å². The number of carbonyl (C=O) groups is 2. The van der Waals surface area contributed by atoms with Gasteiger partial charge in [-0.2, -0.15) is 0 Å². The number of amides is 2. The van der Waals surface area contributed by atoms with Gasteiger partial charge < -0.3 is 14.5 Å². The summed E-state index contributed by atoms with van der Waals surface area (Å²) in [4.78, 5) is 28.1. The molecule has 1 fully saturated rings. The molecule has 0 spiro atoms. The summed E-state index contributed by atoms with van der Waals surface area (Å²) in [5, 5.41) is 0. The molecule has 0 radical (unpaired) electrons. The lowest BCUT2D eigenvalue weighted by Gasteiger charge is -2.26. The molecule has 5 heteroatoms. The molecule has 0 aromatic heterocycles. The van der Waals surface area contributed by atoms with Gasteiger partial charge in [-0.1, -0.05) is 6.07 Å². The highest BCUT2D eigenvalue weighted by Gasteiger charge is 2.36. The van der Waals surface area contributed by atoms with E-state index >= 15 is 0 Å². The van der Waals surface area contributed by atoms with Crippen LogP contribution in [-0.2, 0) is 16.0 Å². The Morgan fingerprint density at radius 3 is 2.82 bits per heavy atom. The van der Waals surface area contributed by atoms with Gasteiger partial charge in [0, 0.05) is 32.1 Å². The van der Waals surface area contributed by atoms with Gasteiger partial charge in [-0.05, 0) is 31.4 Å². The molecular formula is C17H22N2O3. The number of hydrogen-bond donors (Lipinski definition) is 0. The summed E-state index contributed by atoms with van der Waals surface area (Å²) < 4.78 is 5.46. The van der Waals surface area contributed by atoms with Crippen molar-refractivity contribution in [2.24, 2.45) is 5.92 Å². The smallest absolute Gasteiger partial charge is 0.232 e. The van der Waals surface area contributed by atoms with Crippen LogP contribution in [0.5, 0.6) is 5.75 Å². The SMILES string of the molecule is COc1cccc2c1CCCCN2C(=O)C1CC(=O)N(C)C1. The molecule has 0 aliphatic carbocycles. The first kappa shape index (κ1) is 14.9. The van der Waals surface area contributed by atoms with Crippen LogP contribution < -0.4 is 9.64 Å². The topological polar surface area (TPSA) is 49.9 Å². The van der Waals surface area contributed by atoms with Crippen LogP contribution in [0.25, 0.3) is 0 Å². The summed E-state index contributed by atoms with van der Waals surface area (Å²) in [6.45, 7) is 1.24. The first-order valence-corrected chi connectivity index (χ1v) is 7.83. The standard InChI is InChI=1S/C17H22N2O3/c1-18-11-12(10-16(18)20)17(21)19-9-4-3-6-13-14(19)7-5-8-15(13)22-2/h5,7-8,12H,3-4,6,9-11H2,1-2H3. The van der Waals surface area contributed by atoms with Crippen molar-refractivity contribution < 1.29 is 14.3 Å². The van der Waals surface area contributed by atoms with E-state index in [0.29, 0.717) is 19.5 Å². The van der Waals surface area contributed by atoms with Crippen LogP contribution in [0.3, 0.4) is 0 Å². The molecule has 2 amide bonds. The number of benzene rings is 1. The van der Waals surface area contributed by atoms with Crippen LogP contribution >= 0.6 is 0 Å². The van der Waals surface area contributed by atoms with Crippen molar-refractivity contribution in [2.75, 3.05) is 32.1 Å². The zero-order valence-electron chi connectivity index (χ0n) is 13.2. The van der Waals surface area contributed by atoms with E-state index in [4.69, 9.17) is 4.74 Å². The third-order valence-corrected chi connectivity index (χ3v) is 4.63. The molecule has 5 nitrogen and oxygen atoms in total. The number of carbonyl (C=O) groups excluding carboxylic acids is 2. The van der Waals surface area contributed by atoms with Gasteiger partial charge in [0.2, 0.25) is 11.8 Å². The van der Waals surface area contributed by atoms with Crippen LogP contribution in [0.1, 0.15) is 24.8 Å². The van der Waals surface area contributed by atoms with Crippen molar-refractivity contribution in [3.05, 3.63) is 23.8 Å². The van der Waals surface area contributed by atoms with Gasteiger partial charge >= 0.3 is 0 Å². The van der Waals surface area contributed by atoms with Crippen LogP contribution in [0.4, 0.5) is 5.69 Å². The molecule has 1 unspecified atom stereocenters. The summed E-state index contributed by atoms with van der Waals surface area (Å²) in [6.07, 6.45) is 3.26. The Kier molecular flexibility index (Phi) is 4.05. The maximum atomic E-state index is 12.9. The van der Waals surface area contributed by atoms with Crippen LogP contribution in [0, 0.1) is 5.92 Å². The van der Waals surface area contributed by atoms with Gasteiger partial charge in [0.1, 0.15) is 5.75 Å². The minimum Gasteiger partial charge on any atom is -0.496 e. The lowest BCUT2D eigenvalue weighted by molar-refractivity contribution is -0.127. The molecule has 0 bridgehead atoms. The van der Waals surface area contributed by atoms with Gasteiger partial charge in [0.05, 0.1) is 18.7 Å². The molecule has 118 valence electrons. The molecule has 0 saturated carbocycles. The number of fused-ring (bicyclic) bond motifs is 1. The second kappa shape index (κ2) is 5.99. The Hall–Kier alpha value is -2.04. The van der Waals surface area contributed by atoms with Gasteiger partial charge in [0.15, 0.2) is 0 Å². The monoisotopic (exact) mass is 302 g/mol. The molecule has 3 rings (SSSR count). The Morgan fingerprint density at radius 1 is 1.32 bits per heavy atom. The van der Waals surface area contributed by atoms with Crippen molar-refractivity contribution in [3.63, 3.8) is 0 Å². The van der Waals surface area contributed by atoms with E-state index in [1.165, 1.54) is 0 Å². The molecule has 2 heterocycles. The first-order valence-electron chi connectivity index (χ1n) is 7.83. The van der Waals surface area contributed by atoms with Crippen molar-refractivity contribution in [1.82, 2.24) is 4.90 Å². The second-order valence-corrected chi connectivity index (χ2v) is 6.08. The number of rotatable bonds is 2. The molecule has 2 aliphatic heterocycles. The molecule has 22 heavy (non-hydrogen) atoms. The van der Waals surface area contributed by atoms with E-state index in [0.717, 1.165) is 36.3 Å². The first-order chi connectivity index (χ1) is 10.6. The highest BCUT2D eigenvalue weighted by molar-refractivity contribution is 5.99. The number of anilines is 1. The van der Waals surface area contributed by atoms with Crippen LogP contribution in [0.2, 0.25) is 0 Å². The predicted octanol–water partition coefficient (Wildman–Crippen LogP) is 1.84. The van der Waals surface area contributed by atoms with Gasteiger partial charge in [0.25, 0.3) is 0 Å². The Morgan fingerprint density at radius 2 is 2.14 bits per heavy atom. The van der Waals surface area contributed by atoms with Gasteiger partial charge in [-0.15, -0.1) is 0 Å². The average Bonchev–Trinajstić information content (AvgIpc) is 2.74. The minimum atomic E-state index is -0.227. The van der Waals surface area contributed by atoms with Gasteiger partial charge in [-0.3, -0.25) is 9.59 Å².